The number of hydrogen-bond acceptors (Lipinski definition) is 2. The predicted molar refractivity (Wildman–Crippen MR) is 50.9 cm³/mol. The number of halogens is 1. The van der Waals surface area contributed by atoms with Crippen molar-refractivity contribution in [3.05, 3.63) is 35.8 Å². The van der Waals surface area contributed by atoms with Crippen LogP contribution in [0.5, 0.6) is 0 Å². The lowest BCUT2D eigenvalue weighted by molar-refractivity contribution is 0.628. The molecule has 66 valence electrons. The van der Waals surface area contributed by atoms with Crippen LogP contribution in [0.1, 0.15) is 5.56 Å². The molecule has 13 heavy (non-hydrogen) atoms. The number of anilines is 1. The molecule has 0 atom stereocenters. The fourth-order valence-electron chi connectivity index (χ4n) is 1.48. The Bertz CT molecular complexity index is 466. The van der Waals surface area contributed by atoms with Crippen LogP contribution in [0.25, 0.3) is 10.9 Å². The molecule has 0 aliphatic heterocycles. The van der Waals surface area contributed by atoms with Crippen molar-refractivity contribution in [1.82, 2.24) is 4.98 Å². The molecular weight excluding hydrogens is 167 g/mol. The van der Waals surface area contributed by atoms with Crippen LogP contribution < -0.4 is 5.73 Å². The second kappa shape index (κ2) is 2.69. The number of nitrogens with zero attached hydrogens (tertiary/aromatic N) is 1. The Labute approximate surface area is 75.2 Å². The molecule has 1 aromatic heterocycles. The lowest BCUT2D eigenvalue weighted by Gasteiger charge is -2.04. The molecule has 2 rings (SSSR count). The van der Waals surface area contributed by atoms with Gasteiger partial charge in [0.25, 0.3) is 0 Å². The van der Waals surface area contributed by atoms with E-state index in [2.05, 4.69) is 4.98 Å². The highest BCUT2D eigenvalue weighted by Crippen LogP contribution is 2.23. The topological polar surface area (TPSA) is 38.9 Å². The van der Waals surface area contributed by atoms with E-state index in [1.807, 2.05) is 6.92 Å². The zero-order valence-corrected chi connectivity index (χ0v) is 7.21. The van der Waals surface area contributed by atoms with Gasteiger partial charge in [-0.1, -0.05) is 0 Å². The summed E-state index contributed by atoms with van der Waals surface area (Å²) < 4.78 is 12.9. The average Bonchev–Trinajstić information content (AvgIpc) is 2.02. The molecule has 0 amide bonds. The van der Waals surface area contributed by atoms with E-state index < -0.39 is 0 Å². The Morgan fingerprint density at radius 2 is 2.15 bits per heavy atom. The van der Waals surface area contributed by atoms with Crippen LogP contribution in [-0.2, 0) is 0 Å². The van der Waals surface area contributed by atoms with E-state index in [0.717, 1.165) is 10.9 Å². The molecule has 0 spiro atoms. The fraction of sp³-hybridized carbons (Fsp3) is 0.100. The largest absolute Gasteiger partial charge is 0.398 e. The second-order valence-electron chi connectivity index (χ2n) is 3.02. The van der Waals surface area contributed by atoms with E-state index in [1.165, 1.54) is 12.1 Å². The third-order valence-corrected chi connectivity index (χ3v) is 2.04. The Balaban J connectivity index is 2.94. The van der Waals surface area contributed by atoms with Crippen molar-refractivity contribution in [2.75, 3.05) is 5.73 Å². The highest BCUT2D eigenvalue weighted by atomic mass is 19.1. The minimum atomic E-state index is -0.275. The fourth-order valence-corrected chi connectivity index (χ4v) is 1.48. The first-order chi connectivity index (χ1) is 6.18. The summed E-state index contributed by atoms with van der Waals surface area (Å²) in [5.74, 6) is -0.275. The maximum absolute atomic E-state index is 12.9. The van der Waals surface area contributed by atoms with E-state index in [-0.39, 0.29) is 5.82 Å². The molecule has 0 fully saturated rings. The molecule has 3 heteroatoms. The summed E-state index contributed by atoms with van der Waals surface area (Å²) in [6.45, 7) is 1.82. The highest BCUT2D eigenvalue weighted by molar-refractivity contribution is 5.92. The lowest BCUT2D eigenvalue weighted by Crippen LogP contribution is -1.92. The molecule has 0 radical (unpaired) electrons. The standard InChI is InChI=1S/C10H9FN2/c1-6-4-7(11)5-9-10(6)8(12)2-3-13-9/h2-5H,1H3,(H2,12,13). The molecule has 2 aromatic rings. The SMILES string of the molecule is Cc1cc(F)cc2nccc(N)c12. The Morgan fingerprint density at radius 1 is 1.38 bits per heavy atom. The van der Waals surface area contributed by atoms with Gasteiger partial charge in [0.2, 0.25) is 0 Å². The zero-order chi connectivity index (χ0) is 9.42. The van der Waals surface area contributed by atoms with Crippen molar-refractivity contribution >= 4 is 16.6 Å². The smallest absolute Gasteiger partial charge is 0.125 e. The molecule has 0 bridgehead atoms. The number of pyridine rings is 1. The third-order valence-electron chi connectivity index (χ3n) is 2.04. The van der Waals surface area contributed by atoms with Crippen LogP contribution >= 0.6 is 0 Å². The Kier molecular flexibility index (Phi) is 1.65. The number of benzene rings is 1. The number of aryl methyl sites for hydroxylation is 1. The first-order valence-electron chi connectivity index (χ1n) is 3.99. The molecule has 0 unspecified atom stereocenters. The molecule has 2 nitrogen and oxygen atoms in total. The predicted octanol–water partition coefficient (Wildman–Crippen LogP) is 2.26. The van der Waals surface area contributed by atoms with Crippen LogP contribution in [0.3, 0.4) is 0 Å². The Hall–Kier alpha value is -1.64. The third kappa shape index (κ3) is 1.22. The summed E-state index contributed by atoms with van der Waals surface area (Å²) in [5, 5.41) is 0.837. The van der Waals surface area contributed by atoms with Crippen LogP contribution in [0.2, 0.25) is 0 Å². The average molecular weight is 176 g/mol. The number of nitrogens with two attached hydrogens (primary N) is 1. The van der Waals surface area contributed by atoms with Gasteiger partial charge in [-0.05, 0) is 24.6 Å². The van der Waals surface area contributed by atoms with Gasteiger partial charge in [0.15, 0.2) is 0 Å². The molecule has 0 aliphatic carbocycles. The monoisotopic (exact) mass is 176 g/mol. The first-order valence-corrected chi connectivity index (χ1v) is 3.99. The van der Waals surface area contributed by atoms with E-state index >= 15 is 0 Å². The molecule has 0 saturated heterocycles. The van der Waals surface area contributed by atoms with Crippen molar-refractivity contribution < 1.29 is 4.39 Å². The van der Waals surface area contributed by atoms with Gasteiger partial charge in [-0.3, -0.25) is 4.98 Å². The molecule has 0 saturated carbocycles. The maximum atomic E-state index is 12.9. The summed E-state index contributed by atoms with van der Waals surface area (Å²) >= 11 is 0. The minimum Gasteiger partial charge on any atom is -0.398 e. The van der Waals surface area contributed by atoms with Crippen molar-refractivity contribution in [3.63, 3.8) is 0 Å². The number of aromatic nitrogens is 1. The van der Waals surface area contributed by atoms with E-state index in [4.69, 9.17) is 5.73 Å². The second-order valence-corrected chi connectivity index (χ2v) is 3.02. The van der Waals surface area contributed by atoms with Gasteiger partial charge >= 0.3 is 0 Å². The van der Waals surface area contributed by atoms with Crippen molar-refractivity contribution in [3.8, 4) is 0 Å². The summed E-state index contributed by atoms with van der Waals surface area (Å²) in [6.07, 6.45) is 1.58. The summed E-state index contributed by atoms with van der Waals surface area (Å²) in [7, 11) is 0. The highest BCUT2D eigenvalue weighted by Gasteiger charge is 2.03. The normalized spacial score (nSPS) is 10.6. The van der Waals surface area contributed by atoms with Crippen LogP contribution in [0, 0.1) is 12.7 Å². The number of fused-ring (bicyclic) bond motifs is 1. The molecule has 0 aliphatic rings. The van der Waals surface area contributed by atoms with Gasteiger partial charge in [-0.2, -0.15) is 0 Å². The van der Waals surface area contributed by atoms with Gasteiger partial charge in [-0.25, -0.2) is 4.39 Å². The van der Waals surface area contributed by atoms with Gasteiger partial charge in [-0.15, -0.1) is 0 Å². The summed E-state index contributed by atoms with van der Waals surface area (Å²) in [4.78, 5) is 4.04. The quantitative estimate of drug-likeness (QED) is 0.668. The van der Waals surface area contributed by atoms with Gasteiger partial charge < -0.3 is 5.73 Å². The molecule has 2 N–H and O–H groups in total. The maximum Gasteiger partial charge on any atom is 0.125 e. The van der Waals surface area contributed by atoms with E-state index in [1.54, 1.807) is 12.3 Å². The van der Waals surface area contributed by atoms with Crippen molar-refractivity contribution in [2.24, 2.45) is 0 Å². The van der Waals surface area contributed by atoms with Gasteiger partial charge in [0.05, 0.1) is 5.52 Å². The van der Waals surface area contributed by atoms with Crippen LogP contribution in [0.4, 0.5) is 10.1 Å². The van der Waals surface area contributed by atoms with Crippen molar-refractivity contribution in [1.29, 1.82) is 0 Å². The lowest BCUT2D eigenvalue weighted by atomic mass is 10.1. The van der Waals surface area contributed by atoms with Crippen molar-refractivity contribution in [2.45, 2.75) is 6.92 Å². The number of hydrogen-bond donors (Lipinski definition) is 1. The minimum absolute atomic E-state index is 0.275. The van der Waals surface area contributed by atoms with Crippen LogP contribution in [-0.4, -0.2) is 4.98 Å². The van der Waals surface area contributed by atoms with E-state index in [0.29, 0.717) is 11.2 Å². The molecular formula is C10H9FN2. The number of nitrogen functional groups attached to an aromatic ring is 1. The van der Waals surface area contributed by atoms with E-state index in [9.17, 15) is 4.39 Å². The van der Waals surface area contributed by atoms with Crippen LogP contribution in [0.15, 0.2) is 24.4 Å². The first kappa shape index (κ1) is 7.98. The van der Waals surface area contributed by atoms with Gasteiger partial charge in [0.1, 0.15) is 5.82 Å². The summed E-state index contributed by atoms with van der Waals surface area (Å²) in [5.41, 5.74) is 7.81. The zero-order valence-electron chi connectivity index (χ0n) is 7.21. The molecule has 1 heterocycles. The Morgan fingerprint density at radius 3 is 2.92 bits per heavy atom. The number of rotatable bonds is 0. The van der Waals surface area contributed by atoms with Gasteiger partial charge in [0, 0.05) is 23.3 Å². The summed E-state index contributed by atoms with van der Waals surface area (Å²) in [6, 6.07) is 4.56. The molecule has 1 aromatic carbocycles.